The van der Waals surface area contributed by atoms with Gasteiger partial charge < -0.3 is 29.9 Å². The van der Waals surface area contributed by atoms with Crippen molar-refractivity contribution in [3.8, 4) is 5.75 Å². The number of ketones is 1. The van der Waals surface area contributed by atoms with Crippen molar-refractivity contribution in [1.29, 1.82) is 0 Å². The van der Waals surface area contributed by atoms with Gasteiger partial charge in [-0.15, -0.1) is 0 Å². The average Bonchev–Trinajstić information content (AvgIpc) is 3.58. The second-order valence-electron chi connectivity index (χ2n) is 11.5. The van der Waals surface area contributed by atoms with Gasteiger partial charge in [0.15, 0.2) is 5.78 Å². The van der Waals surface area contributed by atoms with Crippen LogP contribution in [0.3, 0.4) is 0 Å². The van der Waals surface area contributed by atoms with E-state index in [2.05, 4.69) is 15.6 Å². The van der Waals surface area contributed by atoms with Gasteiger partial charge in [-0.05, 0) is 47.4 Å². The number of Topliss-reactive ketones (excluding diaryl/α,β-unsaturated/α-hetero) is 1. The molecule has 47 heavy (non-hydrogen) atoms. The van der Waals surface area contributed by atoms with Gasteiger partial charge in [0.25, 0.3) is 5.91 Å². The number of amides is 3. The molecule has 1 aromatic heterocycles. The lowest BCUT2D eigenvalue weighted by atomic mass is 10.0. The summed E-state index contributed by atoms with van der Waals surface area (Å²) < 4.78 is 7.30. The number of aliphatic carboxylic acids is 1. The molecule has 12 heteroatoms. The predicted molar refractivity (Wildman–Crippen MR) is 175 cm³/mol. The molecule has 12 nitrogen and oxygen atoms in total. The number of fused-ring (bicyclic) bond motifs is 1. The van der Waals surface area contributed by atoms with Crippen LogP contribution in [0.2, 0.25) is 0 Å². The summed E-state index contributed by atoms with van der Waals surface area (Å²) in [6, 6.07) is 19.1. The Hall–Kier alpha value is -5.52. The smallest absolute Gasteiger partial charge is 0.305 e. The van der Waals surface area contributed by atoms with Crippen molar-refractivity contribution in [3.05, 3.63) is 97.1 Å². The highest BCUT2D eigenvalue weighted by Gasteiger charge is 2.31. The zero-order chi connectivity index (χ0) is 33.8. The molecule has 0 aliphatic rings. The van der Waals surface area contributed by atoms with Crippen LogP contribution in [0.25, 0.3) is 10.8 Å². The minimum absolute atomic E-state index is 0.147. The summed E-state index contributed by atoms with van der Waals surface area (Å²) in [5.41, 5.74) is 0.388. The monoisotopic (exact) mass is 641 g/mol. The minimum atomic E-state index is -1.37. The van der Waals surface area contributed by atoms with Gasteiger partial charge in [0, 0.05) is 31.0 Å². The number of carbonyl (C=O) groups excluding carboxylic acids is 4. The van der Waals surface area contributed by atoms with Crippen molar-refractivity contribution in [1.82, 2.24) is 25.1 Å². The summed E-state index contributed by atoms with van der Waals surface area (Å²) >= 11 is 0. The molecular formula is C35H39N5O7. The van der Waals surface area contributed by atoms with Crippen molar-refractivity contribution in [3.63, 3.8) is 0 Å². The lowest BCUT2D eigenvalue weighted by Gasteiger charge is -2.30. The number of benzene rings is 3. The first kappa shape index (κ1) is 34.4. The molecule has 0 aliphatic heterocycles. The zero-order valence-electron chi connectivity index (χ0n) is 26.4. The van der Waals surface area contributed by atoms with Crippen molar-refractivity contribution >= 4 is 40.2 Å². The van der Waals surface area contributed by atoms with Gasteiger partial charge in [0.05, 0.1) is 19.3 Å². The highest BCUT2D eigenvalue weighted by atomic mass is 16.5. The predicted octanol–water partition coefficient (Wildman–Crippen LogP) is 3.32. The number of carboxylic acid groups (broad SMARTS) is 1. The normalized spacial score (nSPS) is 12.2. The van der Waals surface area contributed by atoms with E-state index >= 15 is 0 Å². The van der Waals surface area contributed by atoms with E-state index < -0.39 is 61.1 Å². The summed E-state index contributed by atoms with van der Waals surface area (Å²) in [6.45, 7) is 3.33. The van der Waals surface area contributed by atoms with E-state index in [1.165, 1.54) is 4.90 Å². The number of hydrogen-bond acceptors (Lipinski definition) is 7. The van der Waals surface area contributed by atoms with E-state index in [0.717, 1.165) is 10.8 Å². The van der Waals surface area contributed by atoms with Crippen molar-refractivity contribution in [2.45, 2.75) is 45.3 Å². The Balaban J connectivity index is 1.47. The summed E-state index contributed by atoms with van der Waals surface area (Å²) in [5, 5.41) is 16.6. The van der Waals surface area contributed by atoms with Crippen LogP contribution in [-0.2, 0) is 25.7 Å². The number of nitrogens with zero attached hydrogens (tertiary/aromatic N) is 3. The van der Waals surface area contributed by atoms with Gasteiger partial charge in [0.1, 0.15) is 24.4 Å². The maximum atomic E-state index is 14.0. The van der Waals surface area contributed by atoms with E-state index in [1.54, 1.807) is 75.0 Å². The third kappa shape index (κ3) is 10.2. The van der Waals surface area contributed by atoms with Crippen LogP contribution in [0, 0.1) is 5.92 Å². The molecule has 0 saturated carbocycles. The zero-order valence-corrected chi connectivity index (χ0v) is 26.4. The molecule has 0 bridgehead atoms. The molecule has 4 aromatic rings. The number of carbonyl (C=O) groups is 5. The first-order valence-corrected chi connectivity index (χ1v) is 15.4. The van der Waals surface area contributed by atoms with E-state index in [-0.39, 0.29) is 12.5 Å². The molecule has 0 spiro atoms. The number of ether oxygens (including phenoxy) is 1. The highest BCUT2D eigenvalue weighted by molar-refractivity contribution is 6.01. The van der Waals surface area contributed by atoms with Crippen LogP contribution in [0.4, 0.5) is 0 Å². The molecule has 4 rings (SSSR count). The van der Waals surface area contributed by atoms with Crippen LogP contribution >= 0.6 is 0 Å². The third-order valence-electron chi connectivity index (χ3n) is 7.51. The number of aryl methyl sites for hydroxylation is 1. The Bertz CT molecular complexity index is 1670. The maximum absolute atomic E-state index is 14.0. The van der Waals surface area contributed by atoms with Crippen molar-refractivity contribution in [2.75, 3.05) is 19.7 Å². The number of nitrogens with one attached hydrogen (secondary N) is 2. The Kier molecular flexibility index (Phi) is 12.2. The number of aromatic nitrogens is 2. The molecular weight excluding hydrogens is 602 g/mol. The van der Waals surface area contributed by atoms with Gasteiger partial charge in [-0.25, -0.2) is 4.98 Å². The highest BCUT2D eigenvalue weighted by Crippen LogP contribution is 2.17. The molecule has 0 fully saturated rings. The standard InChI is InChI=1S/C35H39N5O7/c1-24(2)33(38-34(45)27-14-13-25-9-6-7-10-26(25)19-27)35(46)40(17-8-16-39-18-15-36-23-39)21-31(42)37-29(20-32(43)44)30(41)22-47-28-11-4-3-5-12-28/h3-7,9-15,18-19,23-24,29,33H,8,16-17,20-22H2,1-2H3,(H,37,42)(H,38,45)(H,43,44)/t29-,33+/m1/s1. The fourth-order valence-electron chi connectivity index (χ4n) is 5.00. The van der Waals surface area contributed by atoms with Gasteiger partial charge >= 0.3 is 5.97 Å². The van der Waals surface area contributed by atoms with E-state index in [1.807, 2.05) is 34.9 Å². The van der Waals surface area contributed by atoms with Crippen molar-refractivity contribution in [2.24, 2.45) is 5.92 Å². The number of para-hydroxylation sites is 1. The van der Waals surface area contributed by atoms with Crippen LogP contribution in [0.5, 0.6) is 5.75 Å². The Morgan fingerprint density at radius 1 is 0.936 bits per heavy atom. The molecule has 3 amide bonds. The van der Waals surface area contributed by atoms with E-state index in [9.17, 15) is 29.1 Å². The molecule has 246 valence electrons. The van der Waals surface area contributed by atoms with Gasteiger partial charge in [-0.2, -0.15) is 0 Å². The maximum Gasteiger partial charge on any atom is 0.305 e. The summed E-state index contributed by atoms with van der Waals surface area (Å²) in [5.74, 6) is -3.47. The van der Waals surface area contributed by atoms with Crippen LogP contribution < -0.4 is 15.4 Å². The largest absolute Gasteiger partial charge is 0.486 e. The number of hydrogen-bond donors (Lipinski definition) is 3. The molecule has 3 N–H and O–H groups in total. The molecule has 0 aliphatic carbocycles. The van der Waals surface area contributed by atoms with Crippen molar-refractivity contribution < 1.29 is 33.8 Å². The first-order chi connectivity index (χ1) is 22.6. The van der Waals surface area contributed by atoms with Gasteiger partial charge in [-0.3, -0.25) is 24.0 Å². The summed E-state index contributed by atoms with van der Waals surface area (Å²) in [6.07, 6.45) is 4.85. The first-order valence-electron chi connectivity index (χ1n) is 15.4. The lowest BCUT2D eigenvalue weighted by Crippen LogP contribution is -2.55. The van der Waals surface area contributed by atoms with Gasteiger partial charge in [-0.1, -0.05) is 62.4 Å². The number of carboxylic acids is 1. The van der Waals surface area contributed by atoms with E-state index in [0.29, 0.717) is 24.3 Å². The fraction of sp³-hybridized carbons (Fsp3) is 0.314. The second-order valence-corrected chi connectivity index (χ2v) is 11.5. The molecule has 0 unspecified atom stereocenters. The fourth-order valence-corrected chi connectivity index (χ4v) is 5.00. The van der Waals surface area contributed by atoms with Crippen LogP contribution in [-0.4, -0.2) is 80.8 Å². The molecule has 0 saturated heterocycles. The minimum Gasteiger partial charge on any atom is -0.486 e. The molecule has 3 aromatic carbocycles. The number of imidazole rings is 1. The average molecular weight is 642 g/mol. The topological polar surface area (TPSA) is 160 Å². The molecule has 0 radical (unpaired) electrons. The SMILES string of the molecule is CC(C)[C@H](NC(=O)c1ccc2ccccc2c1)C(=O)N(CCCn1ccnc1)CC(=O)N[C@H](CC(=O)O)C(=O)COc1ccccc1. The molecule has 2 atom stereocenters. The summed E-state index contributed by atoms with van der Waals surface area (Å²) in [7, 11) is 0. The molecule has 1 heterocycles. The Labute approximate surface area is 272 Å². The Morgan fingerprint density at radius 3 is 2.34 bits per heavy atom. The third-order valence-corrected chi connectivity index (χ3v) is 7.51. The lowest BCUT2D eigenvalue weighted by molar-refractivity contribution is -0.142. The van der Waals surface area contributed by atoms with Gasteiger partial charge in [0.2, 0.25) is 11.8 Å². The van der Waals surface area contributed by atoms with E-state index in [4.69, 9.17) is 4.74 Å². The second kappa shape index (κ2) is 16.7. The quantitative estimate of drug-likeness (QED) is 0.158. The summed E-state index contributed by atoms with van der Waals surface area (Å²) in [4.78, 5) is 70.4. The van der Waals surface area contributed by atoms with Crippen LogP contribution in [0.15, 0.2) is 91.5 Å². The number of rotatable bonds is 17. The Morgan fingerprint density at radius 2 is 1.66 bits per heavy atom. The van der Waals surface area contributed by atoms with Crippen LogP contribution in [0.1, 0.15) is 37.0 Å².